The molecule has 2 rings (SSSR count). The molecule has 0 fully saturated rings. The fourth-order valence-electron chi connectivity index (χ4n) is 4.62. The molecule has 0 aliphatic heterocycles. The molecular weight excluding hydrogens is 794 g/mol. The van der Waals surface area contributed by atoms with E-state index in [9.17, 15) is 33.6 Å². The fourth-order valence-corrected chi connectivity index (χ4v) is 4.62. The number of esters is 2. The minimum atomic E-state index is -0.639. The van der Waals surface area contributed by atoms with Crippen LogP contribution in [-0.4, -0.2) is 117 Å². The maximum Gasteiger partial charge on any atom is 1.00 e. The van der Waals surface area contributed by atoms with Gasteiger partial charge in [-0.2, -0.15) is 0 Å². The molecule has 0 spiro atoms. The molecule has 0 aliphatic rings. The van der Waals surface area contributed by atoms with Gasteiger partial charge in [0, 0.05) is 65.1 Å². The van der Waals surface area contributed by atoms with Gasteiger partial charge >= 0.3 is 53.4 Å². The SMILES string of the molecule is CC(=O)OOC(C)=O.CCOC(=O)C(CC(C)C)n1cccc(CCN(C)C)c1=O.CCOC(=O)C(CC(C)C)n1cccc(CCN)c1=O.CO.CO.[B-]OC(C)=O.[Na+]. The zero-order chi connectivity index (χ0) is 46.7. The number of hydrogen-bond donors (Lipinski definition) is 3. The van der Waals surface area contributed by atoms with Crippen LogP contribution in [0.15, 0.2) is 46.2 Å². The largest absolute Gasteiger partial charge is 1.00 e. The predicted molar refractivity (Wildman–Crippen MR) is 224 cm³/mol. The van der Waals surface area contributed by atoms with E-state index in [4.69, 9.17) is 25.4 Å². The number of aromatic nitrogens is 2. The van der Waals surface area contributed by atoms with Gasteiger partial charge < -0.3 is 52.2 Å². The van der Waals surface area contributed by atoms with Gasteiger partial charge in [0.15, 0.2) is 0 Å². The smallest absolute Gasteiger partial charge is 0.793 e. The molecule has 18 nitrogen and oxygen atoms in total. The van der Waals surface area contributed by atoms with Crippen molar-refractivity contribution in [2.75, 3.05) is 54.6 Å². The molecule has 60 heavy (non-hydrogen) atoms. The zero-order valence-corrected chi connectivity index (χ0v) is 40.2. The first-order chi connectivity index (χ1) is 27.8. The average molecular weight is 864 g/mol. The molecule has 0 bridgehead atoms. The van der Waals surface area contributed by atoms with E-state index >= 15 is 0 Å². The Labute approximate surface area is 378 Å². The summed E-state index contributed by atoms with van der Waals surface area (Å²) in [4.78, 5) is 88.2. The van der Waals surface area contributed by atoms with E-state index in [2.05, 4.69) is 22.5 Å². The molecule has 2 aromatic heterocycles. The number of likely N-dealkylation sites (N-methyl/N-ethyl adjacent to an activating group) is 1. The molecule has 2 heterocycles. The number of aliphatic hydroxyl groups excluding tert-OH is 2. The number of carbonyl (C=O) groups excluding carboxylic acids is 5. The predicted octanol–water partition coefficient (Wildman–Crippen LogP) is -0.516. The van der Waals surface area contributed by atoms with Crippen molar-refractivity contribution in [2.45, 2.75) is 100 Å². The second-order valence-electron chi connectivity index (χ2n) is 13.1. The summed E-state index contributed by atoms with van der Waals surface area (Å²) in [5, 5.41) is 14.0. The molecule has 0 aromatic carbocycles. The zero-order valence-electron chi connectivity index (χ0n) is 38.2. The van der Waals surface area contributed by atoms with Crippen LogP contribution < -0.4 is 46.4 Å². The van der Waals surface area contributed by atoms with Crippen LogP contribution in [0.5, 0.6) is 0 Å². The fraction of sp³-hybridized carbons (Fsp3) is 0.625. The Bertz CT molecular complexity index is 1570. The number of pyridine rings is 2. The maximum atomic E-state index is 12.6. The topological polar surface area (TPSA) is 245 Å². The van der Waals surface area contributed by atoms with Gasteiger partial charge in [0.05, 0.1) is 13.2 Å². The Morgan fingerprint density at radius 1 is 0.700 bits per heavy atom. The summed E-state index contributed by atoms with van der Waals surface area (Å²) >= 11 is 0. The summed E-state index contributed by atoms with van der Waals surface area (Å²) < 4.78 is 16.9. The number of nitrogens with two attached hydrogens (primary N) is 1. The summed E-state index contributed by atoms with van der Waals surface area (Å²) in [7, 11) is 10.3. The van der Waals surface area contributed by atoms with Crippen LogP contribution >= 0.6 is 0 Å². The van der Waals surface area contributed by atoms with Gasteiger partial charge in [-0.05, 0) is 84.1 Å². The standard InChI is InChI=1S/C17H28N2O3.C15H24N2O3.C4H6O4.C2H3BO2.2CH4O.Na/c1-6-22-17(21)15(12-13(2)3)19-10-7-8-14(16(19)20)9-11-18(4)5;1-4-20-15(19)13(10-11(2)3)17-9-5-6-12(7-8-16)14(17)18;1-3(5)7-8-4(2)6;1-2(4)5-3;2*1-2;/h7-8,10,13,15H,6,9,11-12H2,1-5H3;5-6,9,11,13H,4,7-8,10,16H2,1-3H3;1-2H3;1H3;2*2H,1H3;/q;;;-1;;;+1. The summed E-state index contributed by atoms with van der Waals surface area (Å²) in [5.74, 6) is -1.84. The van der Waals surface area contributed by atoms with Gasteiger partial charge in [0.1, 0.15) is 12.1 Å². The Hall–Kier alpha value is -3.85. The third-order valence-electron chi connectivity index (χ3n) is 6.97. The van der Waals surface area contributed by atoms with Crippen molar-refractivity contribution in [3.63, 3.8) is 0 Å². The maximum absolute atomic E-state index is 12.6. The van der Waals surface area contributed by atoms with Crippen molar-refractivity contribution in [2.24, 2.45) is 17.6 Å². The molecule has 2 aromatic rings. The number of nitrogens with zero attached hydrogens (tertiary/aromatic N) is 3. The first-order valence-corrected chi connectivity index (χ1v) is 19.0. The molecule has 337 valence electrons. The van der Waals surface area contributed by atoms with Gasteiger partial charge in [-0.1, -0.05) is 39.8 Å². The summed E-state index contributed by atoms with van der Waals surface area (Å²) in [6.45, 7) is 17.0. The van der Waals surface area contributed by atoms with Crippen molar-refractivity contribution >= 4 is 37.9 Å². The number of aliphatic hydroxyl groups is 2. The second-order valence-corrected chi connectivity index (χ2v) is 13.1. The van der Waals surface area contributed by atoms with Crippen LogP contribution in [0.3, 0.4) is 0 Å². The average Bonchev–Trinajstić information content (AvgIpc) is 3.18. The first kappa shape index (κ1) is 65.3. The minimum absolute atomic E-state index is 0. The molecule has 4 N–H and O–H groups in total. The molecule has 0 amide bonds. The van der Waals surface area contributed by atoms with Crippen molar-refractivity contribution in [1.29, 1.82) is 0 Å². The molecule has 20 heteroatoms. The van der Waals surface area contributed by atoms with Crippen LogP contribution in [0.2, 0.25) is 0 Å². The van der Waals surface area contributed by atoms with E-state index in [-0.39, 0.29) is 58.5 Å². The van der Waals surface area contributed by atoms with Crippen LogP contribution in [-0.2, 0) is 60.7 Å². The summed E-state index contributed by atoms with van der Waals surface area (Å²) in [6, 6.07) is 6.08. The van der Waals surface area contributed by atoms with Gasteiger partial charge in [-0.15, -0.1) is 0 Å². The number of rotatable bonds is 15. The van der Waals surface area contributed by atoms with Crippen molar-refractivity contribution in [3.05, 3.63) is 68.5 Å². The molecule has 2 unspecified atom stereocenters. The van der Waals surface area contributed by atoms with Gasteiger partial charge in [-0.3, -0.25) is 14.4 Å². The first-order valence-electron chi connectivity index (χ1n) is 19.0. The summed E-state index contributed by atoms with van der Waals surface area (Å²) in [6.07, 6.45) is 5.68. The molecule has 2 atom stereocenters. The van der Waals surface area contributed by atoms with Crippen LogP contribution in [0, 0.1) is 11.8 Å². The van der Waals surface area contributed by atoms with Crippen LogP contribution in [0.4, 0.5) is 0 Å². The van der Waals surface area contributed by atoms with E-state index in [1.54, 1.807) is 38.4 Å². The third kappa shape index (κ3) is 32.0. The van der Waals surface area contributed by atoms with E-state index in [1.165, 1.54) is 16.1 Å². The summed E-state index contributed by atoms with van der Waals surface area (Å²) in [5.41, 5.74) is 6.62. The third-order valence-corrected chi connectivity index (χ3v) is 6.97. The number of ether oxygens (including phenoxy) is 2. The molecule has 0 saturated heterocycles. The second kappa shape index (κ2) is 40.6. The van der Waals surface area contributed by atoms with E-state index < -0.39 is 30.0 Å². The Kier molecular flexibility index (Phi) is 44.1. The molecule has 3 radical (unpaired) electrons. The van der Waals surface area contributed by atoms with E-state index in [0.29, 0.717) is 56.9 Å². The Balaban J connectivity index is -0.000000242. The normalized spacial score (nSPS) is 10.6. The van der Waals surface area contributed by atoms with Crippen LogP contribution in [0.1, 0.15) is 98.4 Å². The van der Waals surface area contributed by atoms with Crippen molar-refractivity contribution in [3.8, 4) is 0 Å². The number of hydrogen-bond acceptors (Lipinski definition) is 16. The monoisotopic (exact) mass is 863 g/mol. The Morgan fingerprint density at radius 3 is 1.28 bits per heavy atom. The van der Waals surface area contributed by atoms with E-state index in [1.807, 2.05) is 58.8 Å². The molecular formula is C40H69BN4NaO14. The Morgan fingerprint density at radius 2 is 1.03 bits per heavy atom. The van der Waals surface area contributed by atoms with E-state index in [0.717, 1.165) is 40.2 Å². The quantitative estimate of drug-likeness (QED) is 0.0883. The van der Waals surface area contributed by atoms with Gasteiger partial charge in [-0.25, -0.2) is 29.0 Å². The van der Waals surface area contributed by atoms with Gasteiger partial charge in [0.25, 0.3) is 11.1 Å². The van der Waals surface area contributed by atoms with Crippen LogP contribution in [0.25, 0.3) is 0 Å². The molecule has 0 saturated carbocycles. The van der Waals surface area contributed by atoms with Gasteiger partial charge in [0.2, 0.25) is 5.97 Å². The minimum Gasteiger partial charge on any atom is -0.793 e. The van der Waals surface area contributed by atoms with Crippen molar-refractivity contribution in [1.82, 2.24) is 14.0 Å². The van der Waals surface area contributed by atoms with Crippen molar-refractivity contribution < 1.29 is 87.6 Å². The number of carbonyl (C=O) groups is 5. The molecule has 0 aliphatic carbocycles.